The van der Waals surface area contributed by atoms with E-state index in [2.05, 4.69) is 10.3 Å². The lowest BCUT2D eigenvalue weighted by atomic mass is 10.1. The summed E-state index contributed by atoms with van der Waals surface area (Å²) >= 11 is 2.93. The van der Waals surface area contributed by atoms with Crippen molar-refractivity contribution < 1.29 is 9.18 Å². The minimum absolute atomic E-state index is 0.0916. The molecule has 4 aromatic rings. The summed E-state index contributed by atoms with van der Waals surface area (Å²) in [5, 5.41) is 5.76. The highest BCUT2D eigenvalue weighted by Gasteiger charge is 2.18. The molecule has 4 rings (SSSR count). The van der Waals surface area contributed by atoms with Crippen LogP contribution in [0.4, 0.5) is 4.39 Å². The molecule has 4 nitrogen and oxygen atoms in total. The normalized spacial score (nSPS) is 11.9. The second kappa shape index (κ2) is 9.07. The molecule has 0 fully saturated rings. The molecule has 1 atom stereocenters. The molecule has 0 saturated heterocycles. The number of carbonyl (C=O) groups excluding carboxylic acids is 1. The van der Waals surface area contributed by atoms with Gasteiger partial charge in [-0.3, -0.25) is 9.36 Å². The molecule has 0 aliphatic rings. The molecular formula is C22H18FN3OS2. The number of imidazole rings is 1. The van der Waals surface area contributed by atoms with Crippen LogP contribution in [0.15, 0.2) is 89.7 Å². The van der Waals surface area contributed by atoms with E-state index in [9.17, 15) is 9.18 Å². The van der Waals surface area contributed by atoms with Crippen LogP contribution in [0.25, 0.3) is 5.69 Å². The predicted molar refractivity (Wildman–Crippen MR) is 115 cm³/mol. The molecule has 2 aromatic heterocycles. The van der Waals surface area contributed by atoms with E-state index >= 15 is 0 Å². The number of thiophene rings is 1. The monoisotopic (exact) mass is 423 g/mol. The van der Waals surface area contributed by atoms with Crippen molar-refractivity contribution in [2.24, 2.45) is 0 Å². The van der Waals surface area contributed by atoms with Gasteiger partial charge < -0.3 is 5.32 Å². The van der Waals surface area contributed by atoms with Crippen molar-refractivity contribution in [1.29, 1.82) is 0 Å². The van der Waals surface area contributed by atoms with E-state index in [0.29, 0.717) is 10.8 Å². The number of carbonyl (C=O) groups is 1. The lowest BCUT2D eigenvalue weighted by Gasteiger charge is -2.18. The van der Waals surface area contributed by atoms with Crippen molar-refractivity contribution in [3.63, 3.8) is 0 Å². The Morgan fingerprint density at radius 2 is 2.00 bits per heavy atom. The molecule has 1 N–H and O–H groups in total. The Morgan fingerprint density at radius 1 is 1.14 bits per heavy atom. The van der Waals surface area contributed by atoms with E-state index in [1.165, 1.54) is 23.9 Å². The minimum atomic E-state index is -0.313. The second-order valence-electron chi connectivity index (χ2n) is 6.27. The molecule has 1 unspecified atom stereocenters. The molecule has 2 aromatic carbocycles. The van der Waals surface area contributed by atoms with Gasteiger partial charge in [0.25, 0.3) is 0 Å². The van der Waals surface area contributed by atoms with Crippen molar-refractivity contribution >= 4 is 29.0 Å². The number of hydrogen-bond donors (Lipinski definition) is 1. The SMILES string of the molecule is O=C(CSc1nccn1-c1cccc(F)c1)NC(c1ccccc1)c1cccs1. The largest absolute Gasteiger partial charge is 0.344 e. The van der Waals surface area contributed by atoms with Crippen LogP contribution in [0.2, 0.25) is 0 Å². The number of benzene rings is 2. The standard InChI is InChI=1S/C22H18FN3OS2/c23-17-8-4-9-18(14-17)26-12-11-24-22(26)29-15-20(27)25-21(19-10-5-13-28-19)16-6-2-1-3-7-16/h1-14,21H,15H2,(H,25,27). The number of aromatic nitrogens is 2. The highest BCUT2D eigenvalue weighted by atomic mass is 32.2. The van der Waals surface area contributed by atoms with E-state index in [-0.39, 0.29) is 23.5 Å². The lowest BCUT2D eigenvalue weighted by Crippen LogP contribution is -2.30. The van der Waals surface area contributed by atoms with Gasteiger partial charge in [0.15, 0.2) is 5.16 Å². The third-order valence-electron chi connectivity index (χ3n) is 4.29. The summed E-state index contributed by atoms with van der Waals surface area (Å²) in [6, 6.07) is 20.0. The maximum atomic E-state index is 13.5. The van der Waals surface area contributed by atoms with Crippen molar-refractivity contribution in [2.75, 3.05) is 5.75 Å². The number of thioether (sulfide) groups is 1. The molecule has 0 bridgehead atoms. The number of nitrogens with zero attached hydrogens (tertiary/aromatic N) is 2. The summed E-state index contributed by atoms with van der Waals surface area (Å²) in [5.74, 6) is -0.196. The Balaban J connectivity index is 1.46. The third-order valence-corrected chi connectivity index (χ3v) is 6.20. The van der Waals surface area contributed by atoms with Crippen LogP contribution in [-0.4, -0.2) is 21.2 Å². The summed E-state index contributed by atoms with van der Waals surface area (Å²) in [6.07, 6.45) is 3.40. The van der Waals surface area contributed by atoms with Crippen LogP contribution in [0, 0.1) is 5.82 Å². The van der Waals surface area contributed by atoms with Crippen molar-refractivity contribution in [3.05, 3.63) is 101 Å². The summed E-state index contributed by atoms with van der Waals surface area (Å²) in [7, 11) is 0. The molecule has 0 radical (unpaired) electrons. The molecule has 0 spiro atoms. The Morgan fingerprint density at radius 3 is 2.76 bits per heavy atom. The van der Waals surface area contributed by atoms with Gasteiger partial charge in [-0.1, -0.05) is 54.2 Å². The first-order valence-corrected chi connectivity index (χ1v) is 10.9. The maximum absolute atomic E-state index is 13.5. The number of halogens is 1. The second-order valence-corrected chi connectivity index (χ2v) is 8.20. The van der Waals surface area contributed by atoms with Crippen LogP contribution in [-0.2, 0) is 4.79 Å². The Bertz CT molecular complexity index is 1080. The van der Waals surface area contributed by atoms with Gasteiger partial charge in [-0.2, -0.15) is 0 Å². The van der Waals surface area contributed by atoms with E-state index in [1.807, 2.05) is 47.8 Å². The van der Waals surface area contributed by atoms with Crippen LogP contribution in [0.3, 0.4) is 0 Å². The van der Waals surface area contributed by atoms with Crippen molar-refractivity contribution in [3.8, 4) is 5.69 Å². The van der Waals surface area contributed by atoms with Gasteiger partial charge in [-0.15, -0.1) is 11.3 Å². The Kier molecular flexibility index (Phi) is 6.07. The molecule has 2 heterocycles. The summed E-state index contributed by atoms with van der Waals surface area (Å²) < 4.78 is 15.3. The molecule has 0 aliphatic carbocycles. The van der Waals surface area contributed by atoms with Gasteiger partial charge in [-0.05, 0) is 35.2 Å². The number of hydrogen-bond acceptors (Lipinski definition) is 4. The zero-order chi connectivity index (χ0) is 20.1. The number of nitrogens with one attached hydrogen (secondary N) is 1. The first-order valence-electron chi connectivity index (χ1n) is 9.00. The maximum Gasteiger partial charge on any atom is 0.231 e. The Labute approximate surface area is 176 Å². The smallest absolute Gasteiger partial charge is 0.231 e. The molecule has 7 heteroatoms. The van der Waals surface area contributed by atoms with E-state index in [4.69, 9.17) is 0 Å². The number of rotatable bonds is 7. The van der Waals surface area contributed by atoms with Crippen LogP contribution < -0.4 is 5.32 Å². The topological polar surface area (TPSA) is 46.9 Å². The molecular weight excluding hydrogens is 405 g/mol. The first kappa shape index (κ1) is 19.4. The van der Waals surface area contributed by atoms with E-state index in [1.54, 1.807) is 40.4 Å². The fourth-order valence-electron chi connectivity index (χ4n) is 2.97. The third kappa shape index (κ3) is 4.75. The average Bonchev–Trinajstić information content (AvgIpc) is 3.43. The van der Waals surface area contributed by atoms with Gasteiger partial charge >= 0.3 is 0 Å². The number of amides is 1. The fourth-order valence-corrected chi connectivity index (χ4v) is 4.56. The molecule has 0 aliphatic heterocycles. The minimum Gasteiger partial charge on any atom is -0.344 e. The van der Waals surface area contributed by atoms with E-state index < -0.39 is 0 Å². The van der Waals surface area contributed by atoms with Crippen molar-refractivity contribution in [1.82, 2.24) is 14.9 Å². The molecule has 1 amide bonds. The zero-order valence-corrected chi connectivity index (χ0v) is 17.0. The molecule has 146 valence electrons. The van der Waals surface area contributed by atoms with Gasteiger partial charge in [-0.25, -0.2) is 9.37 Å². The zero-order valence-electron chi connectivity index (χ0n) is 15.4. The van der Waals surface area contributed by atoms with Gasteiger partial charge in [0, 0.05) is 17.3 Å². The van der Waals surface area contributed by atoms with Gasteiger partial charge in [0.1, 0.15) is 5.82 Å². The predicted octanol–water partition coefficient (Wildman–Crippen LogP) is 5.07. The lowest BCUT2D eigenvalue weighted by molar-refractivity contribution is -0.119. The van der Waals surface area contributed by atoms with Gasteiger partial charge in [0.2, 0.25) is 5.91 Å². The summed E-state index contributed by atoms with van der Waals surface area (Å²) in [5.41, 5.74) is 1.71. The van der Waals surface area contributed by atoms with Gasteiger partial charge in [0.05, 0.1) is 17.5 Å². The first-order chi connectivity index (χ1) is 14.2. The molecule has 29 heavy (non-hydrogen) atoms. The van der Waals surface area contributed by atoms with E-state index in [0.717, 1.165) is 10.4 Å². The fraction of sp³-hybridized carbons (Fsp3) is 0.0909. The highest BCUT2D eigenvalue weighted by Crippen LogP contribution is 2.27. The van der Waals surface area contributed by atoms with Crippen LogP contribution in [0.5, 0.6) is 0 Å². The van der Waals surface area contributed by atoms with Crippen molar-refractivity contribution in [2.45, 2.75) is 11.2 Å². The van der Waals surface area contributed by atoms with Crippen LogP contribution >= 0.6 is 23.1 Å². The Hall–Kier alpha value is -2.90. The highest BCUT2D eigenvalue weighted by molar-refractivity contribution is 7.99. The summed E-state index contributed by atoms with van der Waals surface area (Å²) in [4.78, 5) is 18.1. The van der Waals surface area contributed by atoms with Crippen LogP contribution in [0.1, 0.15) is 16.5 Å². The molecule has 0 saturated carbocycles. The summed E-state index contributed by atoms with van der Waals surface area (Å²) in [6.45, 7) is 0. The average molecular weight is 424 g/mol. The quantitative estimate of drug-likeness (QED) is 0.422.